The van der Waals surface area contributed by atoms with Gasteiger partial charge in [0, 0.05) is 6.20 Å². The molecule has 3 aromatic rings. The largest absolute Gasteiger partial charge is 0.309 e. The molecule has 128 valence electrons. The number of halogens is 3. The average molecular weight is 345 g/mol. The van der Waals surface area contributed by atoms with Crippen LogP contribution in [-0.4, -0.2) is 21.5 Å². The summed E-state index contributed by atoms with van der Waals surface area (Å²) in [6.45, 7) is 1.51. The van der Waals surface area contributed by atoms with Crippen LogP contribution in [0.1, 0.15) is 12.0 Å². The van der Waals surface area contributed by atoms with Crippen LogP contribution in [0.15, 0.2) is 36.7 Å². The maximum atomic E-state index is 13.8. The van der Waals surface area contributed by atoms with Gasteiger partial charge in [-0.15, -0.1) is 0 Å². The molecule has 25 heavy (non-hydrogen) atoms. The van der Waals surface area contributed by atoms with Crippen molar-refractivity contribution in [2.45, 2.75) is 19.5 Å². The lowest BCUT2D eigenvalue weighted by Gasteiger charge is -2.08. The van der Waals surface area contributed by atoms with Crippen molar-refractivity contribution in [3.63, 3.8) is 0 Å². The number of aromatic nitrogens is 2. The summed E-state index contributed by atoms with van der Waals surface area (Å²) in [6.07, 6.45) is 2.49. The van der Waals surface area contributed by atoms with E-state index in [1.807, 2.05) is 0 Å². The first-order valence-electron chi connectivity index (χ1n) is 7.82. The van der Waals surface area contributed by atoms with E-state index in [9.17, 15) is 18.0 Å². The summed E-state index contributed by atoms with van der Waals surface area (Å²) < 4.78 is 41.7. The Morgan fingerprint density at radius 1 is 1.24 bits per heavy atom. The molecule has 0 radical (unpaired) electrons. The lowest BCUT2D eigenvalue weighted by atomic mass is 10.0. The first-order valence-corrected chi connectivity index (χ1v) is 7.82. The Bertz CT molecular complexity index is 999. The molecular weight excluding hydrogens is 331 g/mol. The number of imidazole rings is 1. The van der Waals surface area contributed by atoms with Gasteiger partial charge in [0.05, 0.1) is 12.1 Å². The van der Waals surface area contributed by atoms with Gasteiger partial charge in [-0.3, -0.25) is 4.79 Å². The van der Waals surface area contributed by atoms with Crippen LogP contribution in [0, 0.1) is 24.5 Å². The fraction of sp³-hybridized carbons (Fsp3) is 0.222. The summed E-state index contributed by atoms with van der Waals surface area (Å²) in [6, 6.07) is 6.06. The zero-order valence-electron chi connectivity index (χ0n) is 13.3. The Hall–Kier alpha value is -2.83. The van der Waals surface area contributed by atoms with E-state index in [2.05, 4.69) is 10.3 Å². The minimum atomic E-state index is -1.07. The first kappa shape index (κ1) is 15.7. The fourth-order valence-corrected chi connectivity index (χ4v) is 2.83. The van der Waals surface area contributed by atoms with Crippen LogP contribution in [0.2, 0.25) is 0 Å². The summed E-state index contributed by atoms with van der Waals surface area (Å²) in [4.78, 5) is 16.0. The monoisotopic (exact) mass is 345 g/mol. The van der Waals surface area contributed by atoms with E-state index in [-0.39, 0.29) is 17.9 Å². The molecule has 1 aromatic carbocycles. The van der Waals surface area contributed by atoms with E-state index in [0.717, 1.165) is 6.07 Å². The van der Waals surface area contributed by atoms with Crippen molar-refractivity contribution in [1.29, 1.82) is 0 Å². The normalized spacial score (nSPS) is 19.2. The van der Waals surface area contributed by atoms with Gasteiger partial charge in [0.25, 0.3) is 0 Å². The number of hydrogen-bond acceptors (Lipinski definition) is 2. The number of rotatable bonds is 3. The smallest absolute Gasteiger partial charge is 0.231 e. The number of benzene rings is 1. The second kappa shape index (κ2) is 5.61. The van der Waals surface area contributed by atoms with Crippen molar-refractivity contribution in [3.05, 3.63) is 53.9 Å². The predicted octanol–water partition coefficient (Wildman–Crippen LogP) is 3.88. The Kier molecular flexibility index (Phi) is 3.52. The fourth-order valence-electron chi connectivity index (χ4n) is 2.83. The van der Waals surface area contributed by atoms with Crippen LogP contribution in [0.25, 0.3) is 16.8 Å². The van der Waals surface area contributed by atoms with Gasteiger partial charge in [-0.05, 0) is 48.2 Å². The molecule has 2 heterocycles. The number of pyridine rings is 1. The zero-order valence-corrected chi connectivity index (χ0v) is 13.3. The zero-order chi connectivity index (χ0) is 17.7. The van der Waals surface area contributed by atoms with Gasteiger partial charge in [-0.25, -0.2) is 18.2 Å². The summed E-state index contributed by atoms with van der Waals surface area (Å²) in [5.74, 6) is -2.41. The third kappa shape index (κ3) is 2.75. The topological polar surface area (TPSA) is 46.4 Å². The van der Waals surface area contributed by atoms with Gasteiger partial charge in [0.15, 0.2) is 17.5 Å². The molecule has 1 aliphatic rings. The highest BCUT2D eigenvalue weighted by Crippen LogP contribution is 2.34. The van der Waals surface area contributed by atoms with Crippen LogP contribution >= 0.6 is 0 Å². The molecular formula is C18H14F3N3O. The van der Waals surface area contributed by atoms with E-state index < -0.39 is 23.7 Å². The second-order valence-electron chi connectivity index (χ2n) is 6.19. The SMILES string of the molecule is Cc1c(-c2ccc3nc(NC(=O)C4CC4F)cn3c2)ccc(F)c1F. The molecule has 4 rings (SSSR count). The third-order valence-electron chi connectivity index (χ3n) is 4.40. The van der Waals surface area contributed by atoms with Crippen molar-refractivity contribution < 1.29 is 18.0 Å². The number of anilines is 1. The van der Waals surface area contributed by atoms with Gasteiger partial charge in [-0.1, -0.05) is 6.07 Å². The van der Waals surface area contributed by atoms with E-state index >= 15 is 0 Å². The highest BCUT2D eigenvalue weighted by Gasteiger charge is 2.43. The standard InChI is InChI=1S/C18H14F3N3O/c1-9-11(3-4-13(19)17(9)21)10-2-5-16-22-15(8-24(16)7-10)23-18(25)12-6-14(12)20/h2-5,7-8,12,14H,6H2,1H3,(H,23,25). The third-order valence-corrected chi connectivity index (χ3v) is 4.40. The van der Waals surface area contributed by atoms with Crippen molar-refractivity contribution in [2.75, 3.05) is 5.32 Å². The first-order chi connectivity index (χ1) is 11.9. The van der Waals surface area contributed by atoms with Gasteiger partial charge in [0.2, 0.25) is 5.91 Å². The van der Waals surface area contributed by atoms with Crippen molar-refractivity contribution in [3.8, 4) is 11.1 Å². The minimum Gasteiger partial charge on any atom is -0.309 e. The quantitative estimate of drug-likeness (QED) is 0.783. The number of nitrogens with zero attached hydrogens (tertiary/aromatic N) is 2. The van der Waals surface area contributed by atoms with Crippen molar-refractivity contribution >= 4 is 17.4 Å². The predicted molar refractivity (Wildman–Crippen MR) is 86.9 cm³/mol. The highest BCUT2D eigenvalue weighted by molar-refractivity contribution is 5.94. The number of alkyl halides is 1. The molecule has 0 aliphatic heterocycles. The number of amides is 1. The molecule has 2 aromatic heterocycles. The molecule has 0 saturated heterocycles. The number of carbonyl (C=O) groups is 1. The van der Waals surface area contributed by atoms with Gasteiger partial charge in [-0.2, -0.15) is 0 Å². The van der Waals surface area contributed by atoms with E-state index in [0.29, 0.717) is 22.6 Å². The number of hydrogen-bond donors (Lipinski definition) is 1. The molecule has 1 aliphatic carbocycles. The Morgan fingerprint density at radius 2 is 2.00 bits per heavy atom. The number of carbonyl (C=O) groups excluding carboxylic acids is 1. The van der Waals surface area contributed by atoms with Gasteiger partial charge in [0.1, 0.15) is 11.8 Å². The Morgan fingerprint density at radius 3 is 2.72 bits per heavy atom. The second-order valence-corrected chi connectivity index (χ2v) is 6.19. The highest BCUT2D eigenvalue weighted by atomic mass is 19.2. The van der Waals surface area contributed by atoms with Crippen LogP contribution < -0.4 is 5.32 Å². The maximum absolute atomic E-state index is 13.8. The summed E-state index contributed by atoms with van der Waals surface area (Å²) in [5.41, 5.74) is 2.05. The summed E-state index contributed by atoms with van der Waals surface area (Å²) in [5, 5.41) is 2.59. The molecule has 2 unspecified atom stereocenters. The molecule has 1 saturated carbocycles. The number of nitrogens with one attached hydrogen (secondary N) is 1. The van der Waals surface area contributed by atoms with E-state index in [1.165, 1.54) is 13.0 Å². The Balaban J connectivity index is 1.66. The van der Waals surface area contributed by atoms with Crippen LogP contribution in [-0.2, 0) is 4.79 Å². The van der Waals surface area contributed by atoms with Crippen molar-refractivity contribution in [2.24, 2.45) is 5.92 Å². The number of fused-ring (bicyclic) bond motifs is 1. The molecule has 1 N–H and O–H groups in total. The lowest BCUT2D eigenvalue weighted by Crippen LogP contribution is -2.15. The van der Waals surface area contributed by atoms with E-state index in [1.54, 1.807) is 28.9 Å². The summed E-state index contributed by atoms with van der Waals surface area (Å²) >= 11 is 0. The molecule has 2 atom stereocenters. The lowest BCUT2D eigenvalue weighted by molar-refractivity contribution is -0.117. The van der Waals surface area contributed by atoms with Crippen molar-refractivity contribution in [1.82, 2.24) is 9.38 Å². The summed E-state index contributed by atoms with van der Waals surface area (Å²) in [7, 11) is 0. The molecule has 1 amide bonds. The van der Waals surface area contributed by atoms with Gasteiger partial charge < -0.3 is 9.72 Å². The van der Waals surface area contributed by atoms with Gasteiger partial charge >= 0.3 is 0 Å². The molecule has 1 fully saturated rings. The van der Waals surface area contributed by atoms with E-state index in [4.69, 9.17) is 0 Å². The maximum Gasteiger partial charge on any atom is 0.231 e. The van der Waals surface area contributed by atoms with Crippen LogP contribution in [0.4, 0.5) is 19.0 Å². The van der Waals surface area contributed by atoms with Crippen LogP contribution in [0.3, 0.4) is 0 Å². The minimum absolute atomic E-state index is 0.218. The Labute approximate surface area is 141 Å². The van der Waals surface area contributed by atoms with Crippen LogP contribution in [0.5, 0.6) is 0 Å². The molecule has 0 bridgehead atoms. The molecule has 7 heteroatoms. The molecule has 0 spiro atoms. The molecule has 4 nitrogen and oxygen atoms in total. The average Bonchev–Trinajstić information content (AvgIpc) is 3.18.